The predicted octanol–water partition coefficient (Wildman–Crippen LogP) is 14.6. The highest BCUT2D eigenvalue weighted by Gasteiger charge is 2.23. The molecule has 0 bridgehead atoms. The SMILES string of the molecule is CC/C=C\C/C=C\C/C=C\C/C=C\C/C=C\C/C=C\CCC(=O)NCCOP(=O)(O)OCC(O)COC(=O)CCCCCCCCCCCCCCC/C=C\C/C=C\CCCCC. The zero-order valence-electron chi connectivity index (χ0n) is 39.7. The Morgan fingerprint density at radius 2 is 0.921 bits per heavy atom. The van der Waals surface area contributed by atoms with Gasteiger partial charge in [-0.1, -0.05) is 195 Å². The van der Waals surface area contributed by atoms with E-state index < -0.39 is 26.5 Å². The van der Waals surface area contributed by atoms with E-state index >= 15 is 0 Å². The Kier molecular flexibility index (Phi) is 46.0. The van der Waals surface area contributed by atoms with Crippen LogP contribution < -0.4 is 5.32 Å². The number of hydrogen-bond acceptors (Lipinski definition) is 7. The van der Waals surface area contributed by atoms with Gasteiger partial charge in [-0.05, 0) is 83.5 Å². The Balaban J connectivity index is 3.66. The molecule has 1 amide bonds. The highest BCUT2D eigenvalue weighted by atomic mass is 31.2. The van der Waals surface area contributed by atoms with Gasteiger partial charge in [0.1, 0.15) is 12.7 Å². The third-order valence-electron chi connectivity index (χ3n) is 10.0. The van der Waals surface area contributed by atoms with Gasteiger partial charge < -0.3 is 20.1 Å². The molecule has 2 unspecified atom stereocenters. The van der Waals surface area contributed by atoms with Crippen molar-refractivity contribution >= 4 is 19.7 Å². The summed E-state index contributed by atoms with van der Waals surface area (Å²) in [4.78, 5) is 34.0. The molecule has 0 saturated heterocycles. The molecule has 0 heterocycles. The van der Waals surface area contributed by atoms with Crippen molar-refractivity contribution in [2.75, 3.05) is 26.4 Å². The molecule has 0 fully saturated rings. The number of phosphoric acid groups is 1. The number of aliphatic hydroxyl groups is 1. The number of phosphoric ester groups is 1. The summed E-state index contributed by atoms with van der Waals surface area (Å²) in [6, 6.07) is 0. The van der Waals surface area contributed by atoms with Gasteiger partial charge in [-0.15, -0.1) is 0 Å². The fraction of sp³-hybridized carbons (Fsp3) is 0.660. The lowest BCUT2D eigenvalue weighted by molar-refractivity contribution is -0.147. The van der Waals surface area contributed by atoms with E-state index in [0.717, 1.165) is 64.2 Å². The van der Waals surface area contributed by atoms with Crippen molar-refractivity contribution < 1.29 is 37.9 Å². The lowest BCUT2D eigenvalue weighted by atomic mass is 10.0. The summed E-state index contributed by atoms with van der Waals surface area (Å²) in [6.07, 6.45) is 63.6. The van der Waals surface area contributed by atoms with Crippen LogP contribution in [0.2, 0.25) is 0 Å². The second kappa shape index (κ2) is 48.4. The molecule has 2 atom stereocenters. The maximum absolute atomic E-state index is 12.1. The van der Waals surface area contributed by atoms with Crippen LogP contribution in [0.25, 0.3) is 0 Å². The standard InChI is InChI=1S/C53H90NO8P/c1-3-5-7-9-11-13-15-17-19-21-23-24-25-26-28-30-32-34-36-38-40-42-44-46-53(57)60-49-51(55)50-62-63(58,59)61-48-47-54-52(56)45-43-41-39-37-35-33-31-29-27-22-20-18-16-14-12-10-8-6-4-2/h6,8,11-14,17-20,27,29,33,35,39,41,51,55H,3-5,7,9-10,15-16,21-26,28,30-32,34,36-38,40,42-50H2,1-2H3,(H,54,56)(H,58,59)/b8-6-,13-11-,14-12-,19-17-,20-18-,29-27-,35-33-,41-39-. The van der Waals surface area contributed by atoms with Gasteiger partial charge in [-0.2, -0.15) is 0 Å². The minimum Gasteiger partial charge on any atom is -0.463 e. The van der Waals surface area contributed by atoms with Gasteiger partial charge >= 0.3 is 13.8 Å². The van der Waals surface area contributed by atoms with Crippen molar-refractivity contribution in [3.8, 4) is 0 Å². The van der Waals surface area contributed by atoms with Crippen LogP contribution >= 0.6 is 7.82 Å². The summed E-state index contributed by atoms with van der Waals surface area (Å²) >= 11 is 0. The van der Waals surface area contributed by atoms with Crippen molar-refractivity contribution in [2.45, 2.75) is 200 Å². The Hall–Kier alpha value is -3.07. The molecule has 3 N–H and O–H groups in total. The average molecular weight is 900 g/mol. The predicted molar refractivity (Wildman–Crippen MR) is 265 cm³/mol. The first-order chi connectivity index (χ1) is 30.8. The van der Waals surface area contributed by atoms with E-state index in [9.17, 15) is 24.2 Å². The molecule has 0 rings (SSSR count). The highest BCUT2D eigenvalue weighted by Crippen LogP contribution is 2.42. The van der Waals surface area contributed by atoms with Gasteiger partial charge in [0.25, 0.3) is 0 Å². The number of aliphatic hydroxyl groups excluding tert-OH is 1. The summed E-state index contributed by atoms with van der Waals surface area (Å²) in [7, 11) is -4.45. The van der Waals surface area contributed by atoms with Crippen LogP contribution in [0.15, 0.2) is 97.2 Å². The lowest BCUT2D eigenvalue weighted by Crippen LogP contribution is -2.27. The highest BCUT2D eigenvalue weighted by molar-refractivity contribution is 7.47. The van der Waals surface area contributed by atoms with E-state index in [1.165, 1.54) is 96.3 Å². The van der Waals surface area contributed by atoms with Crippen LogP contribution in [-0.4, -0.2) is 54.3 Å². The van der Waals surface area contributed by atoms with Crippen LogP contribution in [0, 0.1) is 0 Å². The quantitative estimate of drug-likeness (QED) is 0.0238. The zero-order valence-corrected chi connectivity index (χ0v) is 40.6. The Morgan fingerprint density at radius 3 is 1.40 bits per heavy atom. The molecular weight excluding hydrogens is 810 g/mol. The fourth-order valence-corrected chi connectivity index (χ4v) is 7.07. The number of esters is 1. The number of carbonyl (C=O) groups excluding carboxylic acids is 2. The van der Waals surface area contributed by atoms with E-state index in [1.54, 1.807) is 0 Å². The molecule has 0 radical (unpaired) electrons. The summed E-state index contributed by atoms with van der Waals surface area (Å²) in [5, 5.41) is 12.7. The lowest BCUT2D eigenvalue weighted by Gasteiger charge is -2.15. The third-order valence-corrected chi connectivity index (χ3v) is 11.0. The van der Waals surface area contributed by atoms with E-state index in [-0.39, 0.29) is 38.5 Å². The zero-order chi connectivity index (χ0) is 46.0. The minimum atomic E-state index is -4.45. The number of hydrogen-bond donors (Lipinski definition) is 3. The number of unbranched alkanes of at least 4 members (excludes halogenated alkanes) is 16. The van der Waals surface area contributed by atoms with Crippen molar-refractivity contribution in [1.29, 1.82) is 0 Å². The molecule has 9 nitrogen and oxygen atoms in total. The summed E-state index contributed by atoms with van der Waals surface area (Å²) in [5.74, 6) is -0.607. The van der Waals surface area contributed by atoms with E-state index in [2.05, 4.69) is 104 Å². The topological polar surface area (TPSA) is 131 Å². The van der Waals surface area contributed by atoms with Gasteiger partial charge in [0.05, 0.1) is 13.2 Å². The molecule has 10 heteroatoms. The summed E-state index contributed by atoms with van der Waals surface area (Å²) in [5.41, 5.74) is 0. The van der Waals surface area contributed by atoms with Crippen molar-refractivity contribution in [2.24, 2.45) is 0 Å². The van der Waals surface area contributed by atoms with E-state index in [0.29, 0.717) is 6.42 Å². The molecule has 0 saturated carbocycles. The monoisotopic (exact) mass is 900 g/mol. The number of nitrogens with one attached hydrogen (secondary N) is 1. The Bertz CT molecular complexity index is 1350. The molecule has 0 aromatic rings. The molecule has 0 aliphatic carbocycles. The van der Waals surface area contributed by atoms with Gasteiger partial charge in [-0.25, -0.2) is 4.57 Å². The molecule has 360 valence electrons. The number of amides is 1. The van der Waals surface area contributed by atoms with Crippen molar-refractivity contribution in [3.63, 3.8) is 0 Å². The molecule has 63 heavy (non-hydrogen) atoms. The first-order valence-corrected chi connectivity index (χ1v) is 26.2. The smallest absolute Gasteiger partial charge is 0.463 e. The maximum atomic E-state index is 12.1. The Labute approximate surface area is 385 Å². The summed E-state index contributed by atoms with van der Waals surface area (Å²) < 4.78 is 26.9. The first kappa shape index (κ1) is 59.9. The minimum absolute atomic E-state index is 0.0354. The average Bonchev–Trinajstić information content (AvgIpc) is 3.27. The van der Waals surface area contributed by atoms with Crippen LogP contribution in [0.3, 0.4) is 0 Å². The largest absolute Gasteiger partial charge is 0.472 e. The number of carbonyl (C=O) groups is 2. The third kappa shape index (κ3) is 49.8. The van der Waals surface area contributed by atoms with Crippen LogP contribution in [-0.2, 0) is 27.9 Å². The number of ether oxygens (including phenoxy) is 1. The second-order valence-corrected chi connectivity index (χ2v) is 17.5. The molecule has 0 spiro atoms. The van der Waals surface area contributed by atoms with Gasteiger partial charge in [-0.3, -0.25) is 18.6 Å². The molecule has 0 aliphatic rings. The number of rotatable bonds is 45. The van der Waals surface area contributed by atoms with Crippen molar-refractivity contribution in [1.82, 2.24) is 5.32 Å². The maximum Gasteiger partial charge on any atom is 0.472 e. The Morgan fingerprint density at radius 1 is 0.508 bits per heavy atom. The van der Waals surface area contributed by atoms with Gasteiger partial charge in [0, 0.05) is 19.4 Å². The van der Waals surface area contributed by atoms with Crippen LogP contribution in [0.4, 0.5) is 0 Å². The molecule has 0 aliphatic heterocycles. The summed E-state index contributed by atoms with van der Waals surface area (Å²) in [6.45, 7) is 3.32. The van der Waals surface area contributed by atoms with E-state index in [1.807, 2.05) is 12.2 Å². The van der Waals surface area contributed by atoms with Crippen LogP contribution in [0.1, 0.15) is 194 Å². The van der Waals surface area contributed by atoms with Gasteiger partial charge in [0.15, 0.2) is 0 Å². The first-order valence-electron chi connectivity index (χ1n) is 24.7. The van der Waals surface area contributed by atoms with Crippen LogP contribution in [0.5, 0.6) is 0 Å². The second-order valence-electron chi connectivity index (χ2n) is 16.0. The molecular formula is C53H90NO8P. The molecule has 0 aromatic heterocycles. The molecule has 0 aromatic carbocycles. The van der Waals surface area contributed by atoms with Crippen molar-refractivity contribution in [3.05, 3.63) is 97.2 Å². The fourth-order valence-electron chi connectivity index (χ4n) is 6.32. The van der Waals surface area contributed by atoms with Gasteiger partial charge in [0.2, 0.25) is 5.91 Å². The normalized spacial score (nSPS) is 14.0. The number of allylic oxidation sites excluding steroid dienone is 16. The van der Waals surface area contributed by atoms with E-state index in [4.69, 9.17) is 13.8 Å².